The van der Waals surface area contributed by atoms with E-state index in [1.165, 1.54) is 39.3 Å². The number of rotatable bonds is 3. The van der Waals surface area contributed by atoms with Crippen LogP contribution in [-0.4, -0.2) is 28.5 Å². The lowest BCUT2D eigenvalue weighted by Gasteiger charge is -2.23. The molecule has 0 atom stereocenters. The second-order valence-corrected chi connectivity index (χ2v) is 5.96. The van der Waals surface area contributed by atoms with Crippen LogP contribution in [0.5, 0.6) is 0 Å². The summed E-state index contributed by atoms with van der Waals surface area (Å²) in [5.74, 6) is 1.07. The van der Waals surface area contributed by atoms with E-state index < -0.39 is 0 Å². The SMILES string of the molecule is CC(=O)Nc1ccc2c(c1)nc(C[NH+]1CCCCC1)n2C. The summed E-state index contributed by atoms with van der Waals surface area (Å²) in [7, 11) is 2.08. The van der Waals surface area contributed by atoms with Crippen molar-refractivity contribution in [2.24, 2.45) is 7.05 Å². The number of carbonyl (C=O) groups excluding carboxylic acids is 1. The van der Waals surface area contributed by atoms with Gasteiger partial charge in [0.25, 0.3) is 0 Å². The third-order valence-corrected chi connectivity index (χ3v) is 4.26. The Morgan fingerprint density at radius 3 is 2.81 bits per heavy atom. The molecule has 0 radical (unpaired) electrons. The first-order chi connectivity index (χ1) is 10.1. The Labute approximate surface area is 125 Å². The zero-order valence-electron chi connectivity index (χ0n) is 12.8. The lowest BCUT2D eigenvalue weighted by atomic mass is 10.1. The molecule has 0 unspecified atom stereocenters. The fourth-order valence-electron chi connectivity index (χ4n) is 3.14. The van der Waals surface area contributed by atoms with Crippen LogP contribution in [-0.2, 0) is 18.4 Å². The molecule has 1 aliphatic rings. The van der Waals surface area contributed by atoms with Gasteiger partial charge >= 0.3 is 0 Å². The van der Waals surface area contributed by atoms with Crippen molar-refractivity contribution in [3.63, 3.8) is 0 Å². The highest BCUT2D eigenvalue weighted by molar-refractivity contribution is 5.91. The quantitative estimate of drug-likeness (QED) is 0.888. The standard InChI is InChI=1S/C16H22N4O/c1-12(21)17-13-6-7-15-14(10-13)18-16(19(15)2)11-20-8-4-3-5-9-20/h6-7,10H,3-5,8-9,11H2,1-2H3,(H,17,21)/p+1. The summed E-state index contributed by atoms with van der Waals surface area (Å²) in [4.78, 5) is 17.5. The molecular formula is C16H23N4O+. The number of nitrogens with one attached hydrogen (secondary N) is 2. The number of nitrogens with zero attached hydrogens (tertiary/aromatic N) is 2. The van der Waals surface area contributed by atoms with E-state index in [2.05, 4.69) is 16.9 Å². The number of benzene rings is 1. The van der Waals surface area contributed by atoms with Crippen molar-refractivity contribution in [1.82, 2.24) is 9.55 Å². The molecule has 0 bridgehead atoms. The Bertz CT molecular complexity index is 656. The molecule has 0 aliphatic carbocycles. The van der Waals surface area contributed by atoms with Gasteiger partial charge in [-0.05, 0) is 37.5 Å². The Hall–Kier alpha value is -1.88. The van der Waals surface area contributed by atoms with Crippen LogP contribution in [0.15, 0.2) is 18.2 Å². The molecule has 5 nitrogen and oxygen atoms in total. The van der Waals surface area contributed by atoms with E-state index in [1.807, 2.05) is 18.2 Å². The molecule has 0 spiro atoms. The largest absolute Gasteiger partial charge is 0.329 e. The van der Waals surface area contributed by atoms with Crippen LogP contribution in [0.2, 0.25) is 0 Å². The zero-order valence-corrected chi connectivity index (χ0v) is 12.8. The minimum absolute atomic E-state index is 0.0525. The molecule has 1 aromatic carbocycles. The molecule has 5 heteroatoms. The van der Waals surface area contributed by atoms with Gasteiger partial charge < -0.3 is 14.8 Å². The van der Waals surface area contributed by atoms with E-state index in [1.54, 1.807) is 4.90 Å². The molecule has 1 fully saturated rings. The van der Waals surface area contributed by atoms with E-state index in [0.29, 0.717) is 0 Å². The predicted molar refractivity (Wildman–Crippen MR) is 83.3 cm³/mol. The minimum atomic E-state index is -0.0525. The predicted octanol–water partition coefficient (Wildman–Crippen LogP) is 1.10. The van der Waals surface area contributed by atoms with Gasteiger partial charge in [0.05, 0.1) is 24.1 Å². The fraction of sp³-hybridized carbons (Fsp3) is 0.500. The van der Waals surface area contributed by atoms with Crippen LogP contribution in [0.1, 0.15) is 32.0 Å². The second kappa shape index (κ2) is 5.85. The average molecular weight is 287 g/mol. The van der Waals surface area contributed by atoms with Gasteiger partial charge in [-0.3, -0.25) is 4.79 Å². The van der Waals surface area contributed by atoms with Gasteiger partial charge in [0.2, 0.25) is 5.91 Å². The third kappa shape index (κ3) is 3.08. The number of anilines is 1. The first-order valence-corrected chi connectivity index (χ1v) is 7.70. The maximum Gasteiger partial charge on any atom is 0.221 e. The van der Waals surface area contributed by atoms with Gasteiger partial charge in [0, 0.05) is 19.7 Å². The third-order valence-electron chi connectivity index (χ3n) is 4.26. The number of fused-ring (bicyclic) bond motifs is 1. The summed E-state index contributed by atoms with van der Waals surface area (Å²) in [6, 6.07) is 5.91. The number of likely N-dealkylation sites (tertiary alicyclic amines) is 1. The van der Waals surface area contributed by atoms with Gasteiger partial charge in [-0.1, -0.05) is 0 Å². The van der Waals surface area contributed by atoms with Gasteiger partial charge in [0.1, 0.15) is 6.54 Å². The first kappa shape index (κ1) is 14.1. The van der Waals surface area contributed by atoms with Crippen molar-refractivity contribution in [2.75, 3.05) is 18.4 Å². The van der Waals surface area contributed by atoms with Crippen LogP contribution >= 0.6 is 0 Å². The lowest BCUT2D eigenvalue weighted by molar-refractivity contribution is -0.919. The van der Waals surface area contributed by atoms with Gasteiger partial charge in [-0.2, -0.15) is 0 Å². The van der Waals surface area contributed by atoms with Crippen LogP contribution in [0.3, 0.4) is 0 Å². The normalized spacial score (nSPS) is 16.3. The summed E-state index contributed by atoms with van der Waals surface area (Å²) in [6.07, 6.45) is 4.02. The molecule has 1 saturated heterocycles. The molecule has 21 heavy (non-hydrogen) atoms. The Morgan fingerprint density at radius 1 is 1.33 bits per heavy atom. The topological polar surface area (TPSA) is 51.4 Å². The molecule has 2 heterocycles. The van der Waals surface area contributed by atoms with Crippen LogP contribution in [0.4, 0.5) is 5.69 Å². The van der Waals surface area contributed by atoms with Crippen molar-refractivity contribution in [3.8, 4) is 0 Å². The van der Waals surface area contributed by atoms with E-state index in [9.17, 15) is 4.79 Å². The number of piperidine rings is 1. The highest BCUT2D eigenvalue weighted by Crippen LogP contribution is 2.19. The smallest absolute Gasteiger partial charge is 0.221 e. The fourth-order valence-corrected chi connectivity index (χ4v) is 3.14. The number of imidazole rings is 1. The van der Waals surface area contributed by atoms with Gasteiger partial charge in [-0.25, -0.2) is 4.98 Å². The van der Waals surface area contributed by atoms with E-state index >= 15 is 0 Å². The Balaban J connectivity index is 1.85. The molecule has 1 aromatic heterocycles. The highest BCUT2D eigenvalue weighted by atomic mass is 16.1. The summed E-state index contributed by atoms with van der Waals surface area (Å²) in [5, 5.41) is 2.81. The maximum atomic E-state index is 11.1. The van der Waals surface area contributed by atoms with Gasteiger partial charge in [0.15, 0.2) is 5.82 Å². The number of carbonyl (C=O) groups is 1. The van der Waals surface area contributed by atoms with E-state index in [4.69, 9.17) is 4.98 Å². The number of amides is 1. The average Bonchev–Trinajstić information content (AvgIpc) is 2.75. The zero-order chi connectivity index (χ0) is 14.8. The number of hydrogen-bond acceptors (Lipinski definition) is 2. The summed E-state index contributed by atoms with van der Waals surface area (Å²) >= 11 is 0. The summed E-state index contributed by atoms with van der Waals surface area (Å²) < 4.78 is 2.18. The maximum absolute atomic E-state index is 11.1. The number of aromatic nitrogens is 2. The van der Waals surface area contributed by atoms with Crippen LogP contribution < -0.4 is 10.2 Å². The van der Waals surface area contributed by atoms with Crippen molar-refractivity contribution >= 4 is 22.6 Å². The summed E-state index contributed by atoms with van der Waals surface area (Å²) in [6.45, 7) is 5.01. The highest BCUT2D eigenvalue weighted by Gasteiger charge is 2.17. The molecule has 1 aliphatic heterocycles. The number of quaternary nitrogens is 1. The molecule has 3 rings (SSSR count). The van der Waals surface area contributed by atoms with E-state index in [-0.39, 0.29) is 5.91 Å². The molecular weight excluding hydrogens is 264 g/mol. The molecule has 0 saturated carbocycles. The van der Waals surface area contributed by atoms with Crippen LogP contribution in [0.25, 0.3) is 11.0 Å². The van der Waals surface area contributed by atoms with Crippen molar-refractivity contribution in [2.45, 2.75) is 32.7 Å². The van der Waals surface area contributed by atoms with Crippen molar-refractivity contribution < 1.29 is 9.69 Å². The number of hydrogen-bond donors (Lipinski definition) is 2. The lowest BCUT2D eigenvalue weighted by Crippen LogP contribution is -3.11. The molecule has 2 aromatic rings. The Morgan fingerprint density at radius 2 is 2.10 bits per heavy atom. The van der Waals surface area contributed by atoms with E-state index in [0.717, 1.165) is 29.1 Å². The molecule has 1 amide bonds. The van der Waals surface area contributed by atoms with Crippen LogP contribution in [0, 0.1) is 0 Å². The monoisotopic (exact) mass is 287 g/mol. The van der Waals surface area contributed by atoms with Crippen molar-refractivity contribution in [3.05, 3.63) is 24.0 Å². The van der Waals surface area contributed by atoms with Crippen molar-refractivity contribution in [1.29, 1.82) is 0 Å². The minimum Gasteiger partial charge on any atom is -0.329 e. The molecule has 2 N–H and O–H groups in total. The van der Waals surface area contributed by atoms with Gasteiger partial charge in [-0.15, -0.1) is 0 Å². The number of aryl methyl sites for hydroxylation is 1. The second-order valence-electron chi connectivity index (χ2n) is 5.96. The summed E-state index contributed by atoms with van der Waals surface area (Å²) in [5.41, 5.74) is 2.88. The first-order valence-electron chi connectivity index (χ1n) is 7.70. The Kier molecular flexibility index (Phi) is 3.92. The molecule has 112 valence electrons.